The van der Waals surface area contributed by atoms with Gasteiger partial charge in [-0.1, -0.05) is 42.5 Å². The third-order valence-electron chi connectivity index (χ3n) is 7.75. The van der Waals surface area contributed by atoms with Crippen LogP contribution in [0.25, 0.3) is 5.69 Å². The van der Waals surface area contributed by atoms with Gasteiger partial charge in [0, 0.05) is 25.2 Å². The van der Waals surface area contributed by atoms with Gasteiger partial charge in [0.15, 0.2) is 13.2 Å². The first-order chi connectivity index (χ1) is 20.5. The predicted octanol–water partition coefficient (Wildman–Crippen LogP) is 6.10. The molecule has 2 aliphatic heterocycles. The Balaban J connectivity index is 1.63. The summed E-state index contributed by atoms with van der Waals surface area (Å²) in [5, 5.41) is 18.0. The van der Waals surface area contributed by atoms with Crippen LogP contribution in [-0.2, 0) is 4.74 Å². The average Bonchev–Trinajstić information content (AvgIpc) is 3.80. The molecular formula is C30H29FN7O3P. The zero-order valence-electron chi connectivity index (χ0n) is 23.0. The van der Waals surface area contributed by atoms with Gasteiger partial charge >= 0.3 is 0 Å². The molecule has 0 bridgehead atoms. The van der Waals surface area contributed by atoms with E-state index in [1.807, 2.05) is 37.3 Å². The van der Waals surface area contributed by atoms with Gasteiger partial charge in [-0.3, -0.25) is 10.1 Å². The maximum atomic E-state index is 15.7. The molecule has 3 heterocycles. The molecule has 1 saturated heterocycles. The number of aryl methyl sites for hydroxylation is 1. The maximum absolute atomic E-state index is 15.7. The van der Waals surface area contributed by atoms with E-state index >= 15 is 4.39 Å². The molecule has 0 radical (unpaired) electrons. The van der Waals surface area contributed by atoms with Crippen molar-refractivity contribution in [3.05, 3.63) is 106 Å². The van der Waals surface area contributed by atoms with Crippen LogP contribution in [-0.4, -0.2) is 62.2 Å². The van der Waals surface area contributed by atoms with Gasteiger partial charge in [0.25, 0.3) is 5.69 Å². The highest BCUT2D eigenvalue weighted by molar-refractivity contribution is 7.70. The second-order valence-electron chi connectivity index (χ2n) is 10.5. The minimum atomic E-state index is -3.10. The van der Waals surface area contributed by atoms with E-state index in [-0.39, 0.29) is 17.4 Å². The number of amidine groups is 1. The fourth-order valence-corrected chi connectivity index (χ4v) is 10.0. The fourth-order valence-electron chi connectivity index (χ4n) is 5.77. The SMILES string of the molecule is Cc1nn(-c2ccccc2)c2c1[P@](=Nc1ccccc1[N+](=O)[O-])(N1CCOCC1)N(C1CC1)C(c1ccccc1F)=N2. The molecule has 1 aromatic heterocycles. The number of nitro groups is 1. The van der Waals surface area contributed by atoms with Crippen molar-refractivity contribution >= 4 is 35.7 Å². The van der Waals surface area contributed by atoms with Crippen LogP contribution in [0, 0.1) is 22.9 Å². The summed E-state index contributed by atoms with van der Waals surface area (Å²) in [6, 6.07) is 23.0. The van der Waals surface area contributed by atoms with Gasteiger partial charge < -0.3 is 9.41 Å². The second-order valence-corrected chi connectivity index (χ2v) is 13.3. The monoisotopic (exact) mass is 585 g/mol. The lowest BCUT2D eigenvalue weighted by molar-refractivity contribution is -0.384. The highest BCUT2D eigenvalue weighted by Gasteiger charge is 2.52. The number of hydrogen-bond donors (Lipinski definition) is 0. The Hall–Kier alpha value is -4.18. The third kappa shape index (κ3) is 4.36. The number of para-hydroxylation sites is 2. The molecule has 10 nitrogen and oxygen atoms in total. The van der Waals surface area contributed by atoms with E-state index in [0.29, 0.717) is 43.5 Å². The quantitative estimate of drug-likeness (QED) is 0.154. The number of nitrogens with zero attached hydrogens (tertiary/aromatic N) is 7. The first-order valence-corrected chi connectivity index (χ1v) is 15.6. The summed E-state index contributed by atoms with van der Waals surface area (Å²) in [6.07, 6.45) is 1.76. The Labute approximate surface area is 242 Å². The van der Waals surface area contributed by atoms with Crippen LogP contribution in [0.3, 0.4) is 0 Å². The van der Waals surface area contributed by atoms with Crippen molar-refractivity contribution in [2.75, 3.05) is 26.3 Å². The number of hydrogen-bond acceptors (Lipinski definition) is 6. The summed E-state index contributed by atoms with van der Waals surface area (Å²) in [5.74, 6) is 0.650. The molecule has 0 spiro atoms. The van der Waals surface area contributed by atoms with Crippen LogP contribution in [0.2, 0.25) is 0 Å². The van der Waals surface area contributed by atoms with Gasteiger partial charge in [-0.05, 0) is 50.1 Å². The molecule has 0 unspecified atom stereocenters. The molecule has 7 rings (SSSR count). The number of morpholine rings is 1. The van der Waals surface area contributed by atoms with E-state index in [1.165, 1.54) is 12.1 Å². The van der Waals surface area contributed by atoms with E-state index in [9.17, 15) is 10.1 Å². The Bertz CT molecular complexity index is 1760. The van der Waals surface area contributed by atoms with E-state index in [2.05, 4.69) is 9.34 Å². The Kier molecular flexibility index (Phi) is 6.73. The first-order valence-electron chi connectivity index (χ1n) is 14.0. The molecule has 0 amide bonds. The van der Waals surface area contributed by atoms with Crippen LogP contribution in [0.4, 0.5) is 21.6 Å². The molecule has 4 aromatic rings. The van der Waals surface area contributed by atoms with Crippen LogP contribution in [0.5, 0.6) is 0 Å². The lowest BCUT2D eigenvalue weighted by Crippen LogP contribution is -2.48. The van der Waals surface area contributed by atoms with E-state index < -0.39 is 18.1 Å². The molecule has 1 aliphatic carbocycles. The van der Waals surface area contributed by atoms with Gasteiger partial charge in [0.2, 0.25) is 0 Å². The molecule has 3 aromatic carbocycles. The summed E-state index contributed by atoms with van der Waals surface area (Å²) in [6.45, 7) is 4.03. The summed E-state index contributed by atoms with van der Waals surface area (Å²) < 4.78 is 33.2. The summed E-state index contributed by atoms with van der Waals surface area (Å²) in [7, 11) is -3.10. The minimum absolute atomic E-state index is 0.0404. The molecular weight excluding hydrogens is 556 g/mol. The molecule has 12 heteroatoms. The van der Waals surface area contributed by atoms with Gasteiger partial charge in [0.1, 0.15) is 17.3 Å². The van der Waals surface area contributed by atoms with Crippen LogP contribution >= 0.6 is 7.36 Å². The second kappa shape index (κ2) is 10.6. The summed E-state index contributed by atoms with van der Waals surface area (Å²) in [4.78, 5) is 17.0. The highest BCUT2D eigenvalue weighted by atomic mass is 31.2. The van der Waals surface area contributed by atoms with Crippen molar-refractivity contribution in [2.45, 2.75) is 25.8 Å². The first kappa shape index (κ1) is 26.7. The number of halogens is 1. The van der Waals surface area contributed by atoms with Crippen molar-refractivity contribution in [2.24, 2.45) is 9.74 Å². The van der Waals surface area contributed by atoms with Crippen molar-refractivity contribution in [1.82, 2.24) is 19.1 Å². The number of rotatable bonds is 6. The molecule has 2 fully saturated rings. The number of aromatic nitrogens is 2. The standard InChI is InChI=1S/C30H29FN7O3P/c1-21-28-30(36(33-21)22-9-3-2-4-10-22)32-29(24-11-5-6-12-25(24)31)37(23-15-16-23)42(28,35-17-19-41-20-18-35)34-26-13-7-8-14-27(26)38(39)40/h2-14,23H,15-20H2,1H3/t42-/m0/s1. The van der Waals surface area contributed by atoms with Gasteiger partial charge in [-0.25, -0.2) is 23.5 Å². The zero-order valence-corrected chi connectivity index (χ0v) is 23.9. The maximum Gasteiger partial charge on any atom is 0.294 e. The number of nitro benzene ring substituents is 1. The van der Waals surface area contributed by atoms with Crippen molar-refractivity contribution < 1.29 is 14.1 Å². The van der Waals surface area contributed by atoms with Crippen LogP contribution in [0.15, 0.2) is 88.6 Å². The van der Waals surface area contributed by atoms with Crippen molar-refractivity contribution in [1.29, 1.82) is 0 Å². The van der Waals surface area contributed by atoms with E-state index in [0.717, 1.165) is 29.5 Å². The average molecular weight is 586 g/mol. The smallest absolute Gasteiger partial charge is 0.294 e. The number of ether oxygens (including phenoxy) is 1. The lowest BCUT2D eigenvalue weighted by Gasteiger charge is -2.48. The van der Waals surface area contributed by atoms with Gasteiger partial charge in [-0.15, -0.1) is 0 Å². The largest absolute Gasteiger partial charge is 0.379 e. The fraction of sp³-hybridized carbons (Fsp3) is 0.267. The zero-order chi connectivity index (χ0) is 28.8. The molecule has 1 saturated carbocycles. The number of fused-ring (bicyclic) bond motifs is 1. The summed E-state index contributed by atoms with van der Waals surface area (Å²) in [5.41, 5.74) is 2.11. The van der Waals surface area contributed by atoms with Crippen LogP contribution in [0.1, 0.15) is 24.1 Å². The highest BCUT2D eigenvalue weighted by Crippen LogP contribution is 2.66. The minimum Gasteiger partial charge on any atom is -0.379 e. The van der Waals surface area contributed by atoms with Gasteiger partial charge in [-0.2, -0.15) is 5.10 Å². The van der Waals surface area contributed by atoms with Crippen molar-refractivity contribution in [3.8, 4) is 5.69 Å². The molecule has 42 heavy (non-hydrogen) atoms. The number of aliphatic imine (C=N–C) groups is 1. The molecule has 1 atom stereocenters. The Morgan fingerprint density at radius 1 is 1.00 bits per heavy atom. The normalized spacial score (nSPS) is 20.6. The molecule has 3 aliphatic rings. The Morgan fingerprint density at radius 3 is 2.40 bits per heavy atom. The van der Waals surface area contributed by atoms with E-state index in [1.54, 1.807) is 41.1 Å². The third-order valence-corrected chi connectivity index (χ3v) is 11.7. The van der Waals surface area contributed by atoms with Crippen molar-refractivity contribution in [3.63, 3.8) is 0 Å². The number of benzene rings is 3. The molecule has 214 valence electrons. The summed E-state index contributed by atoms with van der Waals surface area (Å²) >= 11 is 0. The topological polar surface area (TPSA) is 101 Å². The Morgan fingerprint density at radius 2 is 1.69 bits per heavy atom. The molecule has 0 N–H and O–H groups in total. The lowest BCUT2D eigenvalue weighted by atomic mass is 10.2. The van der Waals surface area contributed by atoms with Crippen LogP contribution < -0.4 is 5.30 Å². The van der Waals surface area contributed by atoms with E-state index in [4.69, 9.17) is 19.6 Å². The van der Waals surface area contributed by atoms with Gasteiger partial charge in [0.05, 0.1) is 40.4 Å². The predicted molar refractivity (Wildman–Crippen MR) is 160 cm³/mol.